The SMILES string of the molecule is c1ccc(-c2cc(-c3ccc(-c4ccc(-c5nc6ccccc6c6c(-c7ccccc7)cccc56)cc4)cc3)cc(-c3ccccc3)n2)cc1. The van der Waals surface area contributed by atoms with E-state index in [2.05, 4.69) is 182 Å². The fourth-order valence-corrected chi connectivity index (χ4v) is 6.97. The Morgan fingerprint density at radius 3 is 1.32 bits per heavy atom. The number of aromatic nitrogens is 2. The molecule has 9 aromatic rings. The highest BCUT2D eigenvalue weighted by molar-refractivity contribution is 6.17. The van der Waals surface area contributed by atoms with E-state index in [4.69, 9.17) is 9.97 Å². The molecule has 0 unspecified atom stereocenters. The van der Waals surface area contributed by atoms with Gasteiger partial charge in [0.05, 0.1) is 22.6 Å². The first kappa shape index (κ1) is 29.5. The van der Waals surface area contributed by atoms with Crippen molar-refractivity contribution in [3.63, 3.8) is 0 Å². The van der Waals surface area contributed by atoms with E-state index in [0.717, 1.165) is 55.8 Å². The van der Waals surface area contributed by atoms with Gasteiger partial charge in [-0.2, -0.15) is 0 Å². The van der Waals surface area contributed by atoms with Gasteiger partial charge in [0, 0.05) is 32.8 Å². The summed E-state index contributed by atoms with van der Waals surface area (Å²) in [6, 6.07) is 68.5. The predicted octanol–water partition coefficient (Wildman–Crippen LogP) is 12.8. The third-order valence-electron chi connectivity index (χ3n) is 9.48. The zero-order valence-electron chi connectivity index (χ0n) is 27.4. The number of pyridine rings is 2. The molecule has 2 nitrogen and oxygen atoms in total. The van der Waals surface area contributed by atoms with Crippen LogP contribution < -0.4 is 0 Å². The standard InChI is InChI=1S/C48H32N2/c1-4-13-36(14-5-1)41-20-12-21-43-47(41)42-19-10-11-22-44(42)50-48(43)39-29-27-34(28-30-39)33-23-25-35(26-24-33)40-31-45(37-15-6-2-7-16-37)49-46(32-40)38-17-8-3-9-18-38/h1-32H. The van der Waals surface area contributed by atoms with Gasteiger partial charge in [-0.1, -0.05) is 176 Å². The maximum Gasteiger partial charge on any atom is 0.0788 e. The van der Waals surface area contributed by atoms with Gasteiger partial charge >= 0.3 is 0 Å². The van der Waals surface area contributed by atoms with Crippen LogP contribution in [0.15, 0.2) is 194 Å². The molecule has 2 heteroatoms. The monoisotopic (exact) mass is 636 g/mol. The molecule has 50 heavy (non-hydrogen) atoms. The van der Waals surface area contributed by atoms with Gasteiger partial charge in [-0.25, -0.2) is 9.97 Å². The third-order valence-corrected chi connectivity index (χ3v) is 9.48. The van der Waals surface area contributed by atoms with Crippen molar-refractivity contribution in [1.82, 2.24) is 9.97 Å². The molecule has 0 spiro atoms. The van der Waals surface area contributed by atoms with Crippen LogP contribution in [0.1, 0.15) is 0 Å². The van der Waals surface area contributed by atoms with Crippen LogP contribution in [-0.2, 0) is 0 Å². The lowest BCUT2D eigenvalue weighted by Crippen LogP contribution is -1.92. The minimum absolute atomic E-state index is 0.965. The lowest BCUT2D eigenvalue weighted by molar-refractivity contribution is 1.32. The van der Waals surface area contributed by atoms with Crippen molar-refractivity contribution in [2.24, 2.45) is 0 Å². The topological polar surface area (TPSA) is 25.8 Å². The van der Waals surface area contributed by atoms with Crippen LogP contribution in [0.4, 0.5) is 0 Å². The van der Waals surface area contributed by atoms with Gasteiger partial charge in [0.1, 0.15) is 0 Å². The van der Waals surface area contributed by atoms with Gasteiger partial charge in [-0.05, 0) is 51.6 Å². The van der Waals surface area contributed by atoms with Crippen LogP contribution in [0.3, 0.4) is 0 Å². The summed E-state index contributed by atoms with van der Waals surface area (Å²) < 4.78 is 0. The van der Waals surface area contributed by atoms with Crippen LogP contribution in [0, 0.1) is 0 Å². The maximum atomic E-state index is 5.21. The number of nitrogens with zero attached hydrogens (tertiary/aromatic N) is 2. The second-order valence-electron chi connectivity index (χ2n) is 12.6. The summed E-state index contributed by atoms with van der Waals surface area (Å²) in [6.07, 6.45) is 0. The van der Waals surface area contributed by atoms with Crippen molar-refractivity contribution < 1.29 is 0 Å². The second kappa shape index (κ2) is 12.8. The normalized spacial score (nSPS) is 11.2. The van der Waals surface area contributed by atoms with Crippen molar-refractivity contribution in [2.75, 3.05) is 0 Å². The minimum Gasteiger partial charge on any atom is -0.248 e. The number of fused-ring (bicyclic) bond motifs is 3. The molecule has 0 radical (unpaired) electrons. The van der Waals surface area contributed by atoms with Crippen molar-refractivity contribution in [2.45, 2.75) is 0 Å². The molecule has 0 saturated carbocycles. The van der Waals surface area contributed by atoms with Crippen molar-refractivity contribution in [3.8, 4) is 67.2 Å². The maximum absolute atomic E-state index is 5.21. The zero-order valence-corrected chi connectivity index (χ0v) is 27.4. The first-order chi connectivity index (χ1) is 24.8. The molecule has 0 atom stereocenters. The lowest BCUT2D eigenvalue weighted by Gasteiger charge is -2.14. The largest absolute Gasteiger partial charge is 0.248 e. The summed E-state index contributed by atoms with van der Waals surface area (Å²) in [6.45, 7) is 0. The number of para-hydroxylation sites is 1. The summed E-state index contributed by atoms with van der Waals surface area (Å²) >= 11 is 0. The van der Waals surface area contributed by atoms with Crippen LogP contribution in [0.25, 0.3) is 88.8 Å². The highest BCUT2D eigenvalue weighted by Crippen LogP contribution is 2.39. The molecule has 0 N–H and O–H groups in total. The highest BCUT2D eigenvalue weighted by atomic mass is 14.7. The average molecular weight is 637 g/mol. The van der Waals surface area contributed by atoms with Crippen LogP contribution >= 0.6 is 0 Å². The van der Waals surface area contributed by atoms with Crippen LogP contribution in [0.5, 0.6) is 0 Å². The molecule has 0 fully saturated rings. The first-order valence-corrected chi connectivity index (χ1v) is 17.0. The summed E-state index contributed by atoms with van der Waals surface area (Å²) in [5.41, 5.74) is 14.3. The molecule has 234 valence electrons. The molecule has 7 aromatic carbocycles. The molecular weight excluding hydrogens is 605 g/mol. The molecule has 2 aromatic heterocycles. The molecular formula is C48H32N2. The van der Waals surface area contributed by atoms with Crippen LogP contribution in [0.2, 0.25) is 0 Å². The van der Waals surface area contributed by atoms with E-state index in [0.29, 0.717) is 0 Å². The first-order valence-electron chi connectivity index (χ1n) is 17.0. The lowest BCUT2D eigenvalue weighted by atomic mass is 9.92. The molecule has 0 amide bonds. The van der Waals surface area contributed by atoms with E-state index in [1.54, 1.807) is 0 Å². The van der Waals surface area contributed by atoms with Gasteiger partial charge in [0.15, 0.2) is 0 Å². The predicted molar refractivity (Wildman–Crippen MR) is 210 cm³/mol. The fourth-order valence-electron chi connectivity index (χ4n) is 6.97. The van der Waals surface area contributed by atoms with E-state index >= 15 is 0 Å². The summed E-state index contributed by atoms with van der Waals surface area (Å²) in [5.74, 6) is 0. The van der Waals surface area contributed by atoms with Gasteiger partial charge in [-0.3, -0.25) is 0 Å². The van der Waals surface area contributed by atoms with E-state index in [9.17, 15) is 0 Å². The van der Waals surface area contributed by atoms with E-state index < -0.39 is 0 Å². The fraction of sp³-hybridized carbons (Fsp3) is 0. The number of rotatable bonds is 6. The summed E-state index contributed by atoms with van der Waals surface area (Å²) in [4.78, 5) is 10.3. The van der Waals surface area contributed by atoms with Crippen molar-refractivity contribution >= 4 is 21.7 Å². The Balaban J connectivity index is 1.08. The summed E-state index contributed by atoms with van der Waals surface area (Å²) in [7, 11) is 0. The van der Waals surface area contributed by atoms with E-state index in [1.807, 2.05) is 12.1 Å². The Morgan fingerprint density at radius 1 is 0.280 bits per heavy atom. The van der Waals surface area contributed by atoms with Gasteiger partial charge in [0.2, 0.25) is 0 Å². The molecule has 0 saturated heterocycles. The zero-order chi connectivity index (χ0) is 33.3. The van der Waals surface area contributed by atoms with E-state index in [1.165, 1.54) is 33.0 Å². The molecule has 9 rings (SSSR count). The third kappa shape index (κ3) is 5.53. The Bertz CT molecular complexity index is 2540. The molecule has 0 aliphatic carbocycles. The van der Waals surface area contributed by atoms with Gasteiger partial charge in [0.25, 0.3) is 0 Å². The molecule has 0 aliphatic rings. The number of benzene rings is 7. The smallest absolute Gasteiger partial charge is 0.0788 e. The van der Waals surface area contributed by atoms with Gasteiger partial charge in [-0.15, -0.1) is 0 Å². The van der Waals surface area contributed by atoms with Crippen LogP contribution in [-0.4, -0.2) is 9.97 Å². The van der Waals surface area contributed by atoms with Gasteiger partial charge < -0.3 is 0 Å². The molecule has 0 aliphatic heterocycles. The second-order valence-corrected chi connectivity index (χ2v) is 12.6. The number of hydrogen-bond acceptors (Lipinski definition) is 2. The average Bonchev–Trinajstić information content (AvgIpc) is 3.21. The van der Waals surface area contributed by atoms with Crippen molar-refractivity contribution in [3.05, 3.63) is 194 Å². The Kier molecular flexibility index (Phi) is 7.53. The molecule has 0 bridgehead atoms. The quantitative estimate of drug-likeness (QED) is 0.170. The highest BCUT2D eigenvalue weighted by Gasteiger charge is 2.15. The Hall–Kier alpha value is -6.64. The molecule has 2 heterocycles. The summed E-state index contributed by atoms with van der Waals surface area (Å²) in [5, 5.41) is 3.56. The number of hydrogen-bond donors (Lipinski definition) is 0. The minimum atomic E-state index is 0.965. The Morgan fingerprint density at radius 2 is 0.740 bits per heavy atom. The van der Waals surface area contributed by atoms with E-state index in [-0.39, 0.29) is 0 Å². The Labute approximate surface area is 292 Å². The van der Waals surface area contributed by atoms with Crippen molar-refractivity contribution in [1.29, 1.82) is 0 Å².